The Morgan fingerprint density at radius 1 is 1.00 bits per heavy atom. The van der Waals surface area contributed by atoms with E-state index in [2.05, 4.69) is 67.5 Å². The second-order valence-electron chi connectivity index (χ2n) is 6.32. The van der Waals surface area contributed by atoms with E-state index in [9.17, 15) is 4.79 Å². The van der Waals surface area contributed by atoms with Crippen molar-refractivity contribution in [2.45, 2.75) is 66.1 Å². The first-order valence-corrected chi connectivity index (χ1v) is 9.34. The smallest absolute Gasteiger partial charge is 0.123 e. The highest BCUT2D eigenvalue weighted by Gasteiger charge is 2.17. The Bertz CT molecular complexity index is 297. The maximum atomic E-state index is 10.3. The van der Waals surface area contributed by atoms with Crippen LogP contribution in [-0.2, 0) is 9.63 Å². The topological polar surface area (TPSA) is 38.7 Å². The summed E-state index contributed by atoms with van der Waals surface area (Å²) in [6.07, 6.45) is 5.22. The summed E-state index contributed by atoms with van der Waals surface area (Å²) < 4.78 is 0. The third kappa shape index (κ3) is 10.4. The predicted octanol–water partition coefficient (Wildman–Crippen LogP) is 5.57. The first-order valence-electron chi connectivity index (χ1n) is 8.42. The van der Waals surface area contributed by atoms with Crippen molar-refractivity contribution in [1.29, 1.82) is 0 Å². The van der Waals surface area contributed by atoms with Crippen LogP contribution in [0.4, 0.5) is 0 Å². The number of aldehydes is 1. The van der Waals surface area contributed by atoms with Crippen molar-refractivity contribution in [3.05, 3.63) is 0 Å². The van der Waals surface area contributed by atoms with Gasteiger partial charge in [0.2, 0.25) is 0 Å². The van der Waals surface area contributed by atoms with Crippen LogP contribution in [0.15, 0.2) is 5.16 Å². The van der Waals surface area contributed by atoms with E-state index in [1.807, 2.05) is 13.1 Å². The highest BCUT2D eigenvalue weighted by Crippen LogP contribution is 2.22. The van der Waals surface area contributed by atoms with E-state index in [0.717, 1.165) is 18.6 Å². The van der Waals surface area contributed by atoms with Crippen LogP contribution in [0.25, 0.3) is 0 Å². The van der Waals surface area contributed by atoms with Crippen LogP contribution in [0.3, 0.4) is 0 Å². The number of halogens is 1. The molecule has 0 saturated heterocycles. The molecule has 0 fully saturated rings. The molecule has 0 amide bonds. The van der Waals surface area contributed by atoms with Crippen LogP contribution < -0.4 is 0 Å². The molecule has 0 aliphatic rings. The quantitative estimate of drug-likeness (QED) is 0.228. The highest BCUT2D eigenvalue weighted by molar-refractivity contribution is 9.09. The molecular formula is C18H36BrNO2. The Morgan fingerprint density at radius 2 is 1.55 bits per heavy atom. The van der Waals surface area contributed by atoms with Crippen LogP contribution in [0.1, 0.15) is 61.3 Å². The first kappa shape index (κ1) is 23.9. The Kier molecular flexibility index (Phi) is 15.4. The lowest BCUT2D eigenvalue weighted by atomic mass is 9.84. The van der Waals surface area contributed by atoms with Gasteiger partial charge in [0, 0.05) is 17.0 Å². The summed E-state index contributed by atoms with van der Waals surface area (Å²) in [5, 5.41) is 3.78. The lowest BCUT2D eigenvalue weighted by molar-refractivity contribution is -0.111. The number of carbonyl (C=O) groups excluding carboxylic acids is 1. The fourth-order valence-electron chi connectivity index (χ4n) is 2.01. The lowest BCUT2D eigenvalue weighted by Gasteiger charge is -2.21. The van der Waals surface area contributed by atoms with E-state index >= 15 is 0 Å². The van der Waals surface area contributed by atoms with Gasteiger partial charge in [0.15, 0.2) is 0 Å². The molecule has 0 rings (SSSR count). The minimum Gasteiger partial charge on any atom is -0.399 e. The molecule has 0 radical (unpaired) electrons. The van der Waals surface area contributed by atoms with E-state index in [1.165, 1.54) is 6.42 Å². The summed E-state index contributed by atoms with van der Waals surface area (Å²) in [4.78, 5) is 15.5. The first-order chi connectivity index (χ1) is 10.3. The molecule has 0 unspecified atom stereocenters. The zero-order chi connectivity index (χ0) is 17.7. The van der Waals surface area contributed by atoms with E-state index < -0.39 is 0 Å². The molecule has 0 aromatic heterocycles. The Hall–Kier alpha value is -0.380. The van der Waals surface area contributed by atoms with Gasteiger partial charge in [-0.1, -0.05) is 76.0 Å². The summed E-state index contributed by atoms with van der Waals surface area (Å²) in [7, 11) is 1.58. The van der Waals surface area contributed by atoms with Gasteiger partial charge in [-0.2, -0.15) is 0 Å². The third-order valence-corrected chi connectivity index (χ3v) is 6.26. The number of hydrogen-bond donors (Lipinski definition) is 0. The molecule has 0 saturated carbocycles. The van der Waals surface area contributed by atoms with Crippen molar-refractivity contribution >= 4 is 28.4 Å². The lowest BCUT2D eigenvalue weighted by Crippen LogP contribution is -2.18. The minimum atomic E-state index is 0.171. The molecule has 0 spiro atoms. The monoisotopic (exact) mass is 377 g/mol. The van der Waals surface area contributed by atoms with Crippen molar-refractivity contribution in [3.63, 3.8) is 0 Å². The standard InChI is InChI=1S/C10H21NO.C8H15BrO/c1-6-8(2)10(4)9(3)7-11-12-5;1-4-8(9)7(3)6(2)5-10/h7-10H,6H2,1-5H3;5-8H,4H2,1-3H3/t8-,9+,10+;6-,7+,8+/m01/s1. The normalized spacial score (nSPS) is 19.3. The average molecular weight is 378 g/mol. The van der Waals surface area contributed by atoms with Gasteiger partial charge in [0.05, 0.1) is 0 Å². The van der Waals surface area contributed by atoms with E-state index in [1.54, 1.807) is 7.11 Å². The number of oxime groups is 1. The highest BCUT2D eigenvalue weighted by atomic mass is 79.9. The average Bonchev–Trinajstić information content (AvgIpc) is 2.56. The molecule has 132 valence electrons. The molecule has 3 nitrogen and oxygen atoms in total. The van der Waals surface area contributed by atoms with Gasteiger partial charge in [0.1, 0.15) is 13.4 Å². The fourth-order valence-corrected chi connectivity index (χ4v) is 2.49. The molecule has 0 aliphatic heterocycles. The second-order valence-corrected chi connectivity index (χ2v) is 7.50. The Labute approximate surface area is 146 Å². The van der Waals surface area contributed by atoms with E-state index in [0.29, 0.717) is 22.6 Å². The summed E-state index contributed by atoms with van der Waals surface area (Å²) >= 11 is 3.52. The van der Waals surface area contributed by atoms with Gasteiger partial charge in [-0.25, -0.2) is 0 Å². The summed E-state index contributed by atoms with van der Waals surface area (Å²) in [5.41, 5.74) is 0. The van der Waals surface area contributed by atoms with Crippen molar-refractivity contribution in [3.8, 4) is 0 Å². The van der Waals surface area contributed by atoms with Gasteiger partial charge in [-0.05, 0) is 30.1 Å². The van der Waals surface area contributed by atoms with Crippen molar-refractivity contribution < 1.29 is 9.63 Å². The molecule has 0 bridgehead atoms. The molecular weight excluding hydrogens is 342 g/mol. The number of alkyl halides is 1. The van der Waals surface area contributed by atoms with Gasteiger partial charge in [0.25, 0.3) is 0 Å². The van der Waals surface area contributed by atoms with Gasteiger partial charge < -0.3 is 9.63 Å². The zero-order valence-electron chi connectivity index (χ0n) is 15.7. The third-order valence-electron chi connectivity index (χ3n) is 4.78. The number of hydrogen-bond acceptors (Lipinski definition) is 3. The largest absolute Gasteiger partial charge is 0.399 e. The molecule has 4 heteroatoms. The van der Waals surface area contributed by atoms with Crippen LogP contribution >= 0.6 is 15.9 Å². The Balaban J connectivity index is 0. The van der Waals surface area contributed by atoms with Crippen LogP contribution in [0.5, 0.6) is 0 Å². The molecule has 0 N–H and O–H groups in total. The van der Waals surface area contributed by atoms with Gasteiger partial charge in [-0.15, -0.1) is 0 Å². The van der Waals surface area contributed by atoms with Crippen molar-refractivity contribution in [2.75, 3.05) is 7.11 Å². The molecule has 6 atom stereocenters. The summed E-state index contributed by atoms with van der Waals surface area (Å²) in [5.74, 6) is 2.55. The van der Waals surface area contributed by atoms with Crippen molar-refractivity contribution in [2.24, 2.45) is 34.7 Å². The minimum absolute atomic E-state index is 0.171. The predicted molar refractivity (Wildman–Crippen MR) is 101 cm³/mol. The van der Waals surface area contributed by atoms with Gasteiger partial charge >= 0.3 is 0 Å². The van der Waals surface area contributed by atoms with Crippen molar-refractivity contribution in [1.82, 2.24) is 0 Å². The number of carbonyl (C=O) groups is 1. The second kappa shape index (κ2) is 14.2. The van der Waals surface area contributed by atoms with Crippen LogP contribution in [0, 0.1) is 29.6 Å². The maximum absolute atomic E-state index is 10.3. The van der Waals surface area contributed by atoms with Crippen LogP contribution in [-0.4, -0.2) is 24.4 Å². The summed E-state index contributed by atoms with van der Waals surface area (Å²) in [6, 6.07) is 0. The molecule has 0 aromatic carbocycles. The number of nitrogens with zero attached hydrogens (tertiary/aromatic N) is 1. The number of rotatable bonds is 9. The SMILES string of the molecule is CC[C@H](Br)[C@@H](C)[C@H](C)C=O.CC[C@H](C)[C@@H](C)[C@H](C)C=NOC. The van der Waals surface area contributed by atoms with Crippen LogP contribution in [0.2, 0.25) is 0 Å². The molecule has 0 aliphatic carbocycles. The molecule has 22 heavy (non-hydrogen) atoms. The zero-order valence-corrected chi connectivity index (χ0v) is 17.3. The summed E-state index contributed by atoms with van der Waals surface area (Å²) in [6.45, 7) is 15.1. The molecule has 0 heterocycles. The van der Waals surface area contributed by atoms with Gasteiger partial charge in [-0.3, -0.25) is 0 Å². The van der Waals surface area contributed by atoms with E-state index in [-0.39, 0.29) is 5.92 Å². The maximum Gasteiger partial charge on any atom is 0.123 e. The Morgan fingerprint density at radius 3 is 1.91 bits per heavy atom. The fraction of sp³-hybridized carbons (Fsp3) is 0.889. The van der Waals surface area contributed by atoms with E-state index in [4.69, 9.17) is 0 Å². The molecule has 0 aromatic rings.